The summed E-state index contributed by atoms with van der Waals surface area (Å²) < 4.78 is 0. The third kappa shape index (κ3) is 12.1. The van der Waals surface area contributed by atoms with Crippen molar-refractivity contribution in [3.63, 3.8) is 0 Å². The number of hydrogen-bond acceptors (Lipinski definition) is 4. The van der Waals surface area contributed by atoms with Gasteiger partial charge in [-0.2, -0.15) is 0 Å². The van der Waals surface area contributed by atoms with Crippen LogP contribution in [0.3, 0.4) is 0 Å². The van der Waals surface area contributed by atoms with Gasteiger partial charge in [0.15, 0.2) is 0 Å². The van der Waals surface area contributed by atoms with E-state index in [9.17, 15) is 0 Å². The molecule has 15 aromatic carbocycles. The molecule has 96 heavy (non-hydrogen) atoms. The zero-order chi connectivity index (χ0) is 64.0. The molecule has 1 heterocycles. The highest BCUT2D eigenvalue weighted by atomic mass is 15.2. The van der Waals surface area contributed by atoms with E-state index in [1.165, 1.54) is 44.5 Å². The molecule has 0 bridgehead atoms. The van der Waals surface area contributed by atoms with E-state index in [4.69, 9.17) is 9.97 Å². The van der Waals surface area contributed by atoms with Gasteiger partial charge in [-0.25, -0.2) is 9.97 Å². The Labute approximate surface area is 561 Å². The lowest BCUT2D eigenvalue weighted by Crippen LogP contribution is -2.11. The maximum Gasteiger partial charge on any atom is 0.0973 e. The minimum atomic E-state index is 0.799. The van der Waals surface area contributed by atoms with Crippen molar-refractivity contribution in [2.75, 3.05) is 9.80 Å². The van der Waals surface area contributed by atoms with Crippen molar-refractivity contribution in [3.05, 3.63) is 388 Å². The van der Waals surface area contributed by atoms with Crippen LogP contribution in [0.5, 0.6) is 0 Å². The van der Waals surface area contributed by atoms with Crippen molar-refractivity contribution >= 4 is 45.2 Å². The van der Waals surface area contributed by atoms with Gasteiger partial charge in [0, 0.05) is 45.0 Å². The Morgan fingerprint density at radius 1 is 0.156 bits per heavy atom. The number of hydrogen-bond donors (Lipinski definition) is 0. The van der Waals surface area contributed by atoms with Crippen molar-refractivity contribution in [1.29, 1.82) is 0 Å². The van der Waals surface area contributed by atoms with Gasteiger partial charge in [-0.3, -0.25) is 0 Å². The largest absolute Gasteiger partial charge is 0.310 e. The minimum Gasteiger partial charge on any atom is -0.310 e. The first-order valence-electron chi connectivity index (χ1n) is 32.7. The van der Waals surface area contributed by atoms with Crippen LogP contribution in [-0.4, -0.2) is 9.97 Å². The van der Waals surface area contributed by atoms with E-state index in [-0.39, 0.29) is 0 Å². The third-order valence-corrected chi connectivity index (χ3v) is 18.1. The maximum absolute atomic E-state index is 5.45. The molecule has 0 fully saturated rings. The Bertz CT molecular complexity index is 4990. The number of fused-ring (bicyclic) bond motifs is 1. The fraction of sp³-hybridized carbons (Fsp3) is 0. The van der Waals surface area contributed by atoms with Crippen molar-refractivity contribution in [2.24, 2.45) is 0 Å². The lowest BCUT2D eigenvalue weighted by Gasteiger charge is -2.28. The van der Waals surface area contributed by atoms with E-state index >= 15 is 0 Å². The molecule has 16 aromatic rings. The molecule has 16 rings (SSSR count). The summed E-state index contributed by atoms with van der Waals surface area (Å²) in [7, 11) is 0. The number of aromatic nitrogens is 2. The van der Waals surface area contributed by atoms with E-state index in [1.54, 1.807) is 0 Å². The van der Waals surface area contributed by atoms with Gasteiger partial charge in [0.05, 0.1) is 33.8 Å². The first kappa shape index (κ1) is 58.3. The van der Waals surface area contributed by atoms with Crippen LogP contribution in [0.2, 0.25) is 0 Å². The average Bonchev–Trinajstić information content (AvgIpc) is 0.849. The molecule has 1 aromatic heterocycles. The molecule has 0 spiro atoms. The predicted molar refractivity (Wildman–Crippen MR) is 403 cm³/mol. The molecule has 0 saturated carbocycles. The molecule has 0 N–H and O–H groups in total. The highest BCUT2D eigenvalue weighted by Crippen LogP contribution is 2.46. The first-order chi connectivity index (χ1) is 47.6. The molecule has 0 unspecified atom stereocenters. The Kier molecular flexibility index (Phi) is 16.1. The van der Waals surface area contributed by atoms with Crippen molar-refractivity contribution in [1.82, 2.24) is 9.97 Å². The average molecular weight is 1230 g/mol. The lowest BCUT2D eigenvalue weighted by atomic mass is 9.96. The summed E-state index contributed by atoms with van der Waals surface area (Å²) in [6, 6.07) is 139. The monoisotopic (exact) mass is 1220 g/mol. The molecule has 0 aliphatic rings. The Balaban J connectivity index is 0.774. The molecule has 452 valence electrons. The number of rotatable bonds is 16. The van der Waals surface area contributed by atoms with Crippen molar-refractivity contribution < 1.29 is 0 Å². The van der Waals surface area contributed by atoms with Gasteiger partial charge in [0.2, 0.25) is 0 Å². The van der Waals surface area contributed by atoms with E-state index < -0.39 is 0 Å². The van der Waals surface area contributed by atoms with Crippen LogP contribution >= 0.6 is 0 Å². The standard InChI is InChI=1S/C92H64N4/c1-5-21-65(22-6-1)69-39-43-71(44-40-69)73-47-55-81(56-48-73)95(89-37-17-13-33-85(89)79-31-19-29-77(63-79)67-25-9-3-10-26-67)83-59-51-75(52-60-83)91-92(94-88-36-16-15-35-87(88)93-91)76-53-61-84(62-54-76)96(82-57-49-74(50-58-82)72-45-41-70(42-46-72)66-23-7-2-8-24-66)90-38-18-14-34-86(90)80-32-20-30-78(64-80)68-27-11-4-12-28-68/h1-64H. The van der Waals surface area contributed by atoms with Crippen molar-refractivity contribution in [3.8, 4) is 112 Å². The van der Waals surface area contributed by atoms with Gasteiger partial charge in [0.1, 0.15) is 0 Å². The van der Waals surface area contributed by atoms with Gasteiger partial charge in [-0.15, -0.1) is 0 Å². The van der Waals surface area contributed by atoms with E-state index in [1.807, 2.05) is 12.1 Å². The smallest absolute Gasteiger partial charge is 0.0973 e. The van der Waals surface area contributed by atoms with E-state index in [0.29, 0.717) is 0 Å². The topological polar surface area (TPSA) is 32.3 Å². The highest BCUT2D eigenvalue weighted by molar-refractivity contribution is 5.94. The second-order valence-electron chi connectivity index (χ2n) is 24.1. The predicted octanol–water partition coefficient (Wildman–Crippen LogP) is 25.2. The Hall–Kier alpha value is -12.8. The maximum atomic E-state index is 5.45. The summed E-state index contributed by atoms with van der Waals surface area (Å²) >= 11 is 0. The SMILES string of the molecule is c1ccc(-c2ccc(-c3ccc(N(c4ccc(-c5nc6ccccc6nc5-c5ccc(N(c6ccc(-c7ccc(-c8ccccc8)cc7)cc6)c6ccccc6-c6cccc(-c7ccccc7)c6)cc5)cc4)c4ccccc4-c4cccc(-c5ccccc5)c4)cc3)cc2)cc1. The molecule has 0 amide bonds. The minimum absolute atomic E-state index is 0.799. The van der Waals surface area contributed by atoms with Crippen LogP contribution in [0.15, 0.2) is 388 Å². The normalized spacial score (nSPS) is 11.1. The number of para-hydroxylation sites is 4. The fourth-order valence-electron chi connectivity index (χ4n) is 13.2. The molecular formula is C92H64N4. The first-order valence-corrected chi connectivity index (χ1v) is 32.7. The van der Waals surface area contributed by atoms with Gasteiger partial charge in [-0.05, 0) is 163 Å². The second kappa shape index (κ2) is 26.5. The van der Waals surface area contributed by atoms with Crippen molar-refractivity contribution in [2.45, 2.75) is 0 Å². The summed E-state index contributed by atoms with van der Waals surface area (Å²) in [4.78, 5) is 15.7. The zero-order valence-corrected chi connectivity index (χ0v) is 52.7. The molecule has 4 nitrogen and oxygen atoms in total. The number of benzene rings is 15. The van der Waals surface area contributed by atoms with E-state index in [0.717, 1.165) is 112 Å². The summed E-state index contributed by atoms with van der Waals surface area (Å²) in [6.07, 6.45) is 0. The fourth-order valence-corrected chi connectivity index (χ4v) is 13.2. The van der Waals surface area contributed by atoms with Crippen LogP contribution in [-0.2, 0) is 0 Å². The molecule has 4 heteroatoms. The lowest BCUT2D eigenvalue weighted by molar-refractivity contribution is 1.26. The molecule has 0 radical (unpaired) electrons. The van der Waals surface area contributed by atoms with Gasteiger partial charge in [0.25, 0.3) is 0 Å². The number of anilines is 6. The van der Waals surface area contributed by atoms with Gasteiger partial charge >= 0.3 is 0 Å². The zero-order valence-electron chi connectivity index (χ0n) is 52.7. The van der Waals surface area contributed by atoms with Crippen LogP contribution in [0.1, 0.15) is 0 Å². The van der Waals surface area contributed by atoms with Crippen LogP contribution in [0.25, 0.3) is 123 Å². The summed E-state index contributed by atoms with van der Waals surface area (Å²) in [5, 5.41) is 0. The summed E-state index contributed by atoms with van der Waals surface area (Å²) in [5.74, 6) is 0. The van der Waals surface area contributed by atoms with Crippen LogP contribution in [0.4, 0.5) is 34.1 Å². The highest BCUT2D eigenvalue weighted by Gasteiger charge is 2.22. The molecular weight excluding hydrogens is 1160 g/mol. The molecule has 0 aliphatic carbocycles. The molecule has 0 atom stereocenters. The molecule has 0 aliphatic heterocycles. The van der Waals surface area contributed by atoms with Crippen LogP contribution < -0.4 is 9.80 Å². The Morgan fingerprint density at radius 2 is 0.375 bits per heavy atom. The van der Waals surface area contributed by atoms with E-state index in [2.05, 4.69) is 386 Å². The van der Waals surface area contributed by atoms with Crippen LogP contribution in [0, 0.1) is 0 Å². The Morgan fingerprint density at radius 3 is 0.688 bits per heavy atom. The summed E-state index contributed by atoms with van der Waals surface area (Å²) in [5.41, 5.74) is 30.0. The van der Waals surface area contributed by atoms with Gasteiger partial charge < -0.3 is 9.80 Å². The molecule has 0 saturated heterocycles. The quantitative estimate of drug-likeness (QED) is 0.0965. The van der Waals surface area contributed by atoms with Gasteiger partial charge in [-0.1, -0.05) is 303 Å². The number of nitrogens with zero attached hydrogens (tertiary/aromatic N) is 4. The summed E-state index contributed by atoms with van der Waals surface area (Å²) in [6.45, 7) is 0. The second-order valence-corrected chi connectivity index (χ2v) is 24.1. The third-order valence-electron chi connectivity index (χ3n) is 18.1.